The number of benzene rings is 2. The van der Waals surface area contributed by atoms with Crippen LogP contribution in [0, 0.1) is 6.92 Å². The monoisotopic (exact) mass is 616 g/mol. The van der Waals surface area contributed by atoms with Crippen LogP contribution in [0.4, 0.5) is 23.7 Å². The van der Waals surface area contributed by atoms with Gasteiger partial charge in [-0.1, -0.05) is 18.2 Å². The first-order chi connectivity index (χ1) is 20.6. The van der Waals surface area contributed by atoms with E-state index in [1.165, 1.54) is 31.2 Å². The number of alkyl halides is 3. The summed E-state index contributed by atoms with van der Waals surface area (Å²) >= 11 is 0. The fourth-order valence-electron chi connectivity index (χ4n) is 4.91. The van der Waals surface area contributed by atoms with Crippen molar-refractivity contribution in [2.75, 3.05) is 25.6 Å². The quantitative estimate of drug-likeness (QED) is 0.310. The Balaban J connectivity index is 1.55. The molecule has 1 aromatic heterocycles. The molecule has 4 rings (SSSR count). The number of rotatable bonds is 8. The fraction of sp³-hybridized carbons (Fsp3) is 0.419. The van der Waals surface area contributed by atoms with Gasteiger partial charge in [-0.25, -0.2) is 9.48 Å². The molecule has 236 valence electrons. The number of hydrogen-bond acceptors (Lipinski definition) is 7. The molecule has 0 saturated heterocycles. The molecule has 44 heavy (non-hydrogen) atoms. The van der Waals surface area contributed by atoms with Crippen molar-refractivity contribution < 1.29 is 41.8 Å². The molecule has 2 heterocycles. The lowest BCUT2D eigenvalue weighted by Gasteiger charge is -2.32. The van der Waals surface area contributed by atoms with E-state index in [0.29, 0.717) is 23.4 Å². The van der Waals surface area contributed by atoms with Crippen molar-refractivity contribution in [2.24, 2.45) is 0 Å². The normalized spacial score (nSPS) is 13.7. The Labute approximate surface area is 253 Å². The smallest absolute Gasteiger partial charge is 0.433 e. The standard InChI is InChI=1S/C31H35F3N4O6/c1-19-22-14-15-37(28(40)24(17-27(39)42-6)36(5)29(41)44-30(2,3)4)23(22)12-13-25(19)43-18-20-16-26(31(32,33)34)38(35-20)21-10-8-7-9-11-21/h7-13,16,24H,14-15,17-18H2,1-6H3. The molecule has 0 radical (unpaired) electrons. The number of carbonyl (C=O) groups is 3. The Kier molecular flexibility index (Phi) is 9.26. The van der Waals surface area contributed by atoms with E-state index >= 15 is 0 Å². The minimum Gasteiger partial charge on any atom is -0.487 e. The molecule has 0 spiro atoms. The number of fused-ring (bicyclic) bond motifs is 1. The summed E-state index contributed by atoms with van der Waals surface area (Å²) in [6.07, 6.45) is -5.29. The van der Waals surface area contributed by atoms with E-state index < -0.39 is 41.5 Å². The van der Waals surface area contributed by atoms with Crippen LogP contribution in [-0.4, -0.2) is 65.0 Å². The number of nitrogens with zero attached hydrogens (tertiary/aromatic N) is 4. The molecule has 1 atom stereocenters. The molecule has 1 aliphatic heterocycles. The Morgan fingerprint density at radius 2 is 1.75 bits per heavy atom. The second-order valence-corrected chi connectivity index (χ2v) is 11.4. The third-order valence-corrected chi connectivity index (χ3v) is 7.11. The van der Waals surface area contributed by atoms with Crippen LogP contribution in [0.2, 0.25) is 0 Å². The Morgan fingerprint density at radius 1 is 1.07 bits per heavy atom. The minimum atomic E-state index is -4.62. The van der Waals surface area contributed by atoms with Crippen LogP contribution in [0.5, 0.6) is 5.75 Å². The maximum Gasteiger partial charge on any atom is 0.433 e. The third-order valence-electron chi connectivity index (χ3n) is 7.11. The van der Waals surface area contributed by atoms with Crippen molar-refractivity contribution in [3.63, 3.8) is 0 Å². The summed E-state index contributed by atoms with van der Waals surface area (Å²) in [6, 6.07) is 11.1. The van der Waals surface area contributed by atoms with Gasteiger partial charge in [-0.2, -0.15) is 18.3 Å². The molecule has 1 aliphatic rings. The molecule has 10 nitrogen and oxygen atoms in total. The number of likely N-dealkylation sites (N-methyl/N-ethyl adjacent to an activating group) is 1. The number of halogens is 3. The fourth-order valence-corrected chi connectivity index (χ4v) is 4.91. The average Bonchev–Trinajstić information content (AvgIpc) is 3.60. The van der Waals surface area contributed by atoms with E-state index in [2.05, 4.69) is 5.10 Å². The number of aromatic nitrogens is 2. The van der Waals surface area contributed by atoms with Crippen molar-refractivity contribution in [1.29, 1.82) is 0 Å². The van der Waals surface area contributed by atoms with Crippen LogP contribution < -0.4 is 9.64 Å². The van der Waals surface area contributed by atoms with Gasteiger partial charge in [0.2, 0.25) is 0 Å². The maximum atomic E-state index is 13.8. The van der Waals surface area contributed by atoms with Gasteiger partial charge < -0.3 is 19.1 Å². The van der Waals surface area contributed by atoms with E-state index in [1.807, 2.05) is 0 Å². The molecular weight excluding hydrogens is 581 g/mol. The number of esters is 1. The van der Waals surface area contributed by atoms with Gasteiger partial charge in [0.1, 0.15) is 35.4 Å². The molecule has 2 aromatic carbocycles. The number of methoxy groups -OCH3 is 1. The zero-order chi connectivity index (χ0) is 32.4. The predicted octanol–water partition coefficient (Wildman–Crippen LogP) is 5.47. The highest BCUT2D eigenvalue weighted by molar-refractivity contribution is 6.02. The third kappa shape index (κ3) is 7.14. The van der Waals surface area contributed by atoms with Gasteiger partial charge in [0.15, 0.2) is 0 Å². The second-order valence-electron chi connectivity index (χ2n) is 11.4. The first kappa shape index (κ1) is 32.4. The molecule has 13 heteroatoms. The summed E-state index contributed by atoms with van der Waals surface area (Å²) in [6.45, 7) is 6.95. The summed E-state index contributed by atoms with van der Waals surface area (Å²) in [5.74, 6) is -0.721. The molecule has 2 amide bonds. The lowest BCUT2D eigenvalue weighted by atomic mass is 10.0. The van der Waals surface area contributed by atoms with Crippen LogP contribution in [0.1, 0.15) is 49.7 Å². The zero-order valence-corrected chi connectivity index (χ0v) is 25.4. The number of anilines is 1. The van der Waals surface area contributed by atoms with E-state index in [9.17, 15) is 27.6 Å². The molecule has 1 unspecified atom stereocenters. The van der Waals surface area contributed by atoms with Crippen LogP contribution >= 0.6 is 0 Å². The minimum absolute atomic E-state index is 0.0914. The summed E-state index contributed by atoms with van der Waals surface area (Å²) in [5.41, 5.74) is 0.729. The number of hydrogen-bond donors (Lipinski definition) is 0. The Hall–Kier alpha value is -4.55. The lowest BCUT2D eigenvalue weighted by Crippen LogP contribution is -2.51. The summed E-state index contributed by atoms with van der Waals surface area (Å²) in [5, 5.41) is 4.14. The molecule has 3 aromatic rings. The van der Waals surface area contributed by atoms with Crippen molar-refractivity contribution in [3.05, 3.63) is 71.0 Å². The van der Waals surface area contributed by atoms with Gasteiger partial charge >= 0.3 is 18.2 Å². The van der Waals surface area contributed by atoms with E-state index in [4.69, 9.17) is 14.2 Å². The molecule has 0 saturated carbocycles. The lowest BCUT2D eigenvalue weighted by molar-refractivity contribution is -0.144. The Bertz CT molecular complexity index is 1530. The van der Waals surface area contributed by atoms with Crippen molar-refractivity contribution in [2.45, 2.75) is 65.0 Å². The summed E-state index contributed by atoms with van der Waals surface area (Å²) < 4.78 is 58.2. The van der Waals surface area contributed by atoms with Crippen LogP contribution in [0.3, 0.4) is 0 Å². The average molecular weight is 617 g/mol. The molecule has 0 fully saturated rings. The largest absolute Gasteiger partial charge is 0.487 e. The first-order valence-corrected chi connectivity index (χ1v) is 13.9. The number of ether oxygens (including phenoxy) is 3. The van der Waals surface area contributed by atoms with Crippen molar-refractivity contribution in [3.8, 4) is 11.4 Å². The number of para-hydroxylation sites is 1. The van der Waals surface area contributed by atoms with Gasteiger partial charge in [0, 0.05) is 19.3 Å². The topological polar surface area (TPSA) is 103 Å². The molecular formula is C31H35F3N4O6. The van der Waals surface area contributed by atoms with Gasteiger partial charge in [0.25, 0.3) is 5.91 Å². The number of amides is 2. The van der Waals surface area contributed by atoms with Gasteiger partial charge in [-0.15, -0.1) is 0 Å². The van der Waals surface area contributed by atoms with E-state index in [0.717, 1.165) is 21.2 Å². The van der Waals surface area contributed by atoms with Crippen LogP contribution in [-0.2, 0) is 38.3 Å². The van der Waals surface area contributed by atoms with Gasteiger partial charge in [-0.05, 0) is 75.6 Å². The maximum absolute atomic E-state index is 13.8. The van der Waals surface area contributed by atoms with Gasteiger partial charge in [0.05, 0.1) is 19.2 Å². The highest BCUT2D eigenvalue weighted by atomic mass is 19.4. The summed E-state index contributed by atoms with van der Waals surface area (Å²) in [7, 11) is 2.59. The first-order valence-electron chi connectivity index (χ1n) is 13.9. The predicted molar refractivity (Wildman–Crippen MR) is 155 cm³/mol. The summed E-state index contributed by atoms with van der Waals surface area (Å²) in [4.78, 5) is 41.3. The SMILES string of the molecule is COC(=O)CC(C(=O)N1CCc2c1ccc(OCc1cc(C(F)(F)F)n(-c3ccccc3)n1)c2C)N(C)C(=O)OC(C)(C)C. The molecule has 0 N–H and O–H groups in total. The number of carbonyl (C=O) groups excluding carboxylic acids is 3. The van der Waals surface area contributed by atoms with Crippen LogP contribution in [0.25, 0.3) is 5.69 Å². The Morgan fingerprint density at radius 3 is 2.36 bits per heavy atom. The zero-order valence-electron chi connectivity index (χ0n) is 25.4. The highest BCUT2D eigenvalue weighted by Gasteiger charge is 2.39. The van der Waals surface area contributed by atoms with E-state index in [1.54, 1.807) is 58.0 Å². The highest BCUT2D eigenvalue weighted by Crippen LogP contribution is 2.37. The van der Waals surface area contributed by atoms with Gasteiger partial charge in [-0.3, -0.25) is 14.5 Å². The van der Waals surface area contributed by atoms with Crippen molar-refractivity contribution >= 4 is 23.7 Å². The second kappa shape index (κ2) is 12.6. The van der Waals surface area contributed by atoms with Crippen LogP contribution in [0.15, 0.2) is 48.5 Å². The van der Waals surface area contributed by atoms with Crippen molar-refractivity contribution in [1.82, 2.24) is 14.7 Å². The van der Waals surface area contributed by atoms with E-state index in [-0.39, 0.29) is 31.0 Å². The molecule has 0 bridgehead atoms. The molecule has 0 aliphatic carbocycles.